The maximum absolute atomic E-state index is 4.27. The third-order valence-electron chi connectivity index (χ3n) is 2.40. The first-order chi connectivity index (χ1) is 8.42. The van der Waals surface area contributed by atoms with E-state index in [4.69, 9.17) is 0 Å². The van der Waals surface area contributed by atoms with Gasteiger partial charge in [-0.25, -0.2) is 4.98 Å². The molecule has 0 amide bonds. The normalized spacial score (nSPS) is 10.6. The predicted molar refractivity (Wildman–Crippen MR) is 69.0 cm³/mol. The van der Waals surface area contributed by atoms with Crippen molar-refractivity contribution in [2.75, 3.05) is 5.32 Å². The summed E-state index contributed by atoms with van der Waals surface area (Å²) >= 11 is 1.64. The van der Waals surface area contributed by atoms with E-state index in [1.54, 1.807) is 23.7 Å². The van der Waals surface area contributed by atoms with Crippen molar-refractivity contribution < 1.29 is 0 Å². The molecule has 1 aromatic carbocycles. The first-order valence-corrected chi connectivity index (χ1v) is 6.13. The van der Waals surface area contributed by atoms with E-state index in [0.717, 1.165) is 28.3 Å². The molecule has 1 N–H and O–H groups in total. The molecular formula is C12H10N4S. The van der Waals surface area contributed by atoms with Crippen LogP contribution >= 0.6 is 11.3 Å². The van der Waals surface area contributed by atoms with Crippen molar-refractivity contribution in [3.63, 3.8) is 0 Å². The van der Waals surface area contributed by atoms with E-state index in [2.05, 4.69) is 20.3 Å². The fourth-order valence-corrected chi connectivity index (χ4v) is 2.15. The molecule has 84 valence electrons. The number of benzene rings is 1. The Morgan fingerprint density at radius 3 is 2.71 bits per heavy atom. The van der Waals surface area contributed by atoms with Gasteiger partial charge in [-0.15, -0.1) is 11.3 Å². The number of hydrogen-bond donors (Lipinski definition) is 1. The van der Waals surface area contributed by atoms with Gasteiger partial charge < -0.3 is 5.32 Å². The SMILES string of the molecule is c1csc(CNc2ccc3nccnc3c2)n1. The minimum atomic E-state index is 0.740. The molecule has 2 heterocycles. The largest absolute Gasteiger partial charge is 0.378 e. The minimum Gasteiger partial charge on any atom is -0.378 e. The predicted octanol–water partition coefficient (Wildman–Crippen LogP) is 2.70. The molecule has 0 bridgehead atoms. The zero-order valence-electron chi connectivity index (χ0n) is 9.00. The summed E-state index contributed by atoms with van der Waals surface area (Å²) in [6.07, 6.45) is 5.21. The highest BCUT2D eigenvalue weighted by Crippen LogP contribution is 2.16. The number of nitrogens with zero attached hydrogens (tertiary/aromatic N) is 3. The lowest BCUT2D eigenvalue weighted by molar-refractivity contribution is 1.10. The van der Waals surface area contributed by atoms with Crippen LogP contribution in [0.2, 0.25) is 0 Å². The van der Waals surface area contributed by atoms with Gasteiger partial charge in [0.1, 0.15) is 5.01 Å². The van der Waals surface area contributed by atoms with Crippen molar-refractivity contribution in [2.24, 2.45) is 0 Å². The lowest BCUT2D eigenvalue weighted by atomic mass is 10.2. The highest BCUT2D eigenvalue weighted by Gasteiger charge is 1.99. The number of nitrogens with one attached hydrogen (secondary N) is 1. The maximum atomic E-state index is 4.27. The first kappa shape index (κ1) is 10.2. The Morgan fingerprint density at radius 1 is 1.00 bits per heavy atom. The molecule has 0 unspecified atom stereocenters. The molecule has 0 atom stereocenters. The van der Waals surface area contributed by atoms with E-state index in [9.17, 15) is 0 Å². The number of anilines is 1. The van der Waals surface area contributed by atoms with Crippen molar-refractivity contribution in [2.45, 2.75) is 6.54 Å². The number of hydrogen-bond acceptors (Lipinski definition) is 5. The van der Waals surface area contributed by atoms with Crippen LogP contribution in [0.15, 0.2) is 42.2 Å². The quantitative estimate of drug-likeness (QED) is 0.767. The van der Waals surface area contributed by atoms with Gasteiger partial charge in [-0.1, -0.05) is 0 Å². The molecule has 0 aliphatic heterocycles. The van der Waals surface area contributed by atoms with Crippen molar-refractivity contribution in [3.8, 4) is 0 Å². The van der Waals surface area contributed by atoms with Gasteiger partial charge in [0.2, 0.25) is 0 Å². The summed E-state index contributed by atoms with van der Waals surface area (Å²) in [5.41, 5.74) is 2.84. The standard InChI is InChI=1S/C12H10N4S/c1-2-10-11(14-4-3-13-10)7-9(1)16-8-12-15-5-6-17-12/h1-7,16H,8H2. The van der Waals surface area contributed by atoms with Crippen LogP contribution in [0.25, 0.3) is 11.0 Å². The van der Waals surface area contributed by atoms with Gasteiger partial charge in [-0.2, -0.15) is 0 Å². The van der Waals surface area contributed by atoms with Crippen LogP contribution in [0.4, 0.5) is 5.69 Å². The van der Waals surface area contributed by atoms with Crippen LogP contribution in [0.3, 0.4) is 0 Å². The molecule has 0 radical (unpaired) electrons. The summed E-state index contributed by atoms with van der Waals surface area (Å²) in [6, 6.07) is 5.97. The second kappa shape index (κ2) is 4.47. The van der Waals surface area contributed by atoms with E-state index in [0.29, 0.717) is 0 Å². The lowest BCUT2D eigenvalue weighted by Gasteiger charge is -2.04. The van der Waals surface area contributed by atoms with Crippen LogP contribution in [-0.4, -0.2) is 15.0 Å². The molecule has 17 heavy (non-hydrogen) atoms. The Kier molecular flexibility index (Phi) is 2.67. The van der Waals surface area contributed by atoms with Crippen molar-refractivity contribution in [1.29, 1.82) is 0 Å². The Labute approximate surface area is 102 Å². The summed E-state index contributed by atoms with van der Waals surface area (Å²) < 4.78 is 0. The van der Waals surface area contributed by atoms with Gasteiger partial charge in [0.25, 0.3) is 0 Å². The molecule has 0 saturated heterocycles. The van der Waals surface area contributed by atoms with Gasteiger partial charge in [-0.05, 0) is 18.2 Å². The first-order valence-electron chi connectivity index (χ1n) is 5.25. The molecule has 4 nitrogen and oxygen atoms in total. The van der Waals surface area contributed by atoms with E-state index in [1.165, 1.54) is 0 Å². The van der Waals surface area contributed by atoms with Gasteiger partial charge >= 0.3 is 0 Å². The van der Waals surface area contributed by atoms with Gasteiger partial charge in [0, 0.05) is 29.7 Å². The Bertz CT molecular complexity index is 621. The monoisotopic (exact) mass is 242 g/mol. The molecule has 0 fully saturated rings. The topological polar surface area (TPSA) is 50.7 Å². The van der Waals surface area contributed by atoms with Crippen LogP contribution in [0.5, 0.6) is 0 Å². The van der Waals surface area contributed by atoms with E-state index in [-0.39, 0.29) is 0 Å². The number of fused-ring (bicyclic) bond motifs is 1. The fourth-order valence-electron chi connectivity index (χ4n) is 1.59. The lowest BCUT2D eigenvalue weighted by Crippen LogP contribution is -1.98. The summed E-state index contributed by atoms with van der Waals surface area (Å²) in [7, 11) is 0. The molecule has 0 saturated carbocycles. The summed E-state index contributed by atoms with van der Waals surface area (Å²) in [5.74, 6) is 0. The average Bonchev–Trinajstić information content (AvgIpc) is 2.89. The number of thiazole rings is 1. The van der Waals surface area contributed by atoms with Crippen LogP contribution in [-0.2, 0) is 6.54 Å². The van der Waals surface area contributed by atoms with E-state index >= 15 is 0 Å². The molecule has 3 aromatic rings. The summed E-state index contributed by atoms with van der Waals surface area (Å²) in [4.78, 5) is 12.7. The average molecular weight is 242 g/mol. The van der Waals surface area contributed by atoms with E-state index in [1.807, 2.05) is 29.8 Å². The zero-order valence-corrected chi connectivity index (χ0v) is 9.81. The molecule has 0 aliphatic rings. The molecule has 0 spiro atoms. The fraction of sp³-hybridized carbons (Fsp3) is 0.0833. The Hall–Kier alpha value is -2.01. The molecule has 5 heteroatoms. The third-order valence-corrected chi connectivity index (χ3v) is 3.18. The highest BCUT2D eigenvalue weighted by atomic mass is 32.1. The van der Waals surface area contributed by atoms with Crippen molar-refractivity contribution in [3.05, 3.63) is 47.2 Å². The molecular weight excluding hydrogens is 232 g/mol. The van der Waals surface area contributed by atoms with Gasteiger partial charge in [-0.3, -0.25) is 9.97 Å². The summed E-state index contributed by atoms with van der Waals surface area (Å²) in [6.45, 7) is 0.740. The van der Waals surface area contributed by atoms with Crippen molar-refractivity contribution in [1.82, 2.24) is 15.0 Å². The Balaban J connectivity index is 1.81. The van der Waals surface area contributed by atoms with Crippen LogP contribution < -0.4 is 5.32 Å². The summed E-state index contributed by atoms with van der Waals surface area (Å²) in [5, 5.41) is 6.37. The molecule has 3 rings (SSSR count). The second-order valence-electron chi connectivity index (χ2n) is 3.54. The number of rotatable bonds is 3. The molecule has 2 aromatic heterocycles. The van der Waals surface area contributed by atoms with Gasteiger partial charge in [0.05, 0.1) is 17.6 Å². The molecule has 0 aliphatic carbocycles. The smallest absolute Gasteiger partial charge is 0.112 e. The third kappa shape index (κ3) is 2.24. The minimum absolute atomic E-state index is 0.740. The van der Waals surface area contributed by atoms with E-state index < -0.39 is 0 Å². The second-order valence-corrected chi connectivity index (χ2v) is 4.52. The van der Waals surface area contributed by atoms with Crippen molar-refractivity contribution >= 4 is 28.1 Å². The zero-order chi connectivity index (χ0) is 11.5. The van der Waals surface area contributed by atoms with Gasteiger partial charge in [0.15, 0.2) is 0 Å². The maximum Gasteiger partial charge on any atom is 0.112 e. The van der Waals surface area contributed by atoms with Crippen LogP contribution in [0, 0.1) is 0 Å². The Morgan fingerprint density at radius 2 is 1.88 bits per heavy atom. The number of aromatic nitrogens is 3. The highest BCUT2D eigenvalue weighted by molar-refractivity contribution is 7.09. The van der Waals surface area contributed by atoms with Crippen LogP contribution in [0.1, 0.15) is 5.01 Å².